The number of carbonyl (C=O) groups excluding carboxylic acids is 1. The predicted molar refractivity (Wildman–Crippen MR) is 79.0 cm³/mol. The summed E-state index contributed by atoms with van der Waals surface area (Å²) in [6.07, 6.45) is 2.51. The van der Waals surface area contributed by atoms with Crippen LogP contribution in [0, 0.1) is 0 Å². The molecule has 1 N–H and O–H groups in total. The number of halogens is 2. The highest BCUT2D eigenvalue weighted by atomic mass is 79.9. The molecule has 1 amide bonds. The second kappa shape index (κ2) is 4.76. The Morgan fingerprint density at radius 3 is 3.00 bits per heavy atom. The highest BCUT2D eigenvalue weighted by Gasteiger charge is 2.39. The molecule has 2 aliphatic heterocycles. The summed E-state index contributed by atoms with van der Waals surface area (Å²) in [6.45, 7) is 2.90. The summed E-state index contributed by atoms with van der Waals surface area (Å²) < 4.78 is 5.86. The van der Waals surface area contributed by atoms with Crippen molar-refractivity contribution < 1.29 is 9.53 Å². The largest absolute Gasteiger partial charge is 0.374 e. The zero-order chi connectivity index (χ0) is 13.6. The monoisotopic (exact) mass is 343 g/mol. The molecule has 0 radical (unpaired) electrons. The van der Waals surface area contributed by atoms with Gasteiger partial charge in [0.15, 0.2) is 0 Å². The first-order chi connectivity index (χ1) is 8.99. The second-order valence-electron chi connectivity index (χ2n) is 5.38. The van der Waals surface area contributed by atoms with Gasteiger partial charge in [-0.25, -0.2) is 0 Å². The van der Waals surface area contributed by atoms with Crippen molar-refractivity contribution in [3.63, 3.8) is 0 Å². The molecule has 2 heterocycles. The van der Waals surface area contributed by atoms with Gasteiger partial charge < -0.3 is 10.1 Å². The summed E-state index contributed by atoms with van der Waals surface area (Å²) in [4.78, 5) is 11.5. The molecule has 1 aromatic carbocycles. The van der Waals surface area contributed by atoms with E-state index in [4.69, 9.17) is 16.3 Å². The van der Waals surface area contributed by atoms with Gasteiger partial charge in [0.05, 0.1) is 16.8 Å². The molecule has 5 heteroatoms. The quantitative estimate of drug-likeness (QED) is 0.828. The Bertz CT molecular complexity index is 540. The van der Waals surface area contributed by atoms with E-state index in [2.05, 4.69) is 28.2 Å². The van der Waals surface area contributed by atoms with Gasteiger partial charge in [-0.2, -0.15) is 0 Å². The van der Waals surface area contributed by atoms with E-state index in [1.54, 1.807) is 0 Å². The van der Waals surface area contributed by atoms with Crippen molar-refractivity contribution in [3.8, 4) is 0 Å². The number of rotatable bonds is 2. The molecule has 0 saturated carbocycles. The predicted octanol–water partition coefficient (Wildman–Crippen LogP) is 3.84. The van der Waals surface area contributed by atoms with Crippen molar-refractivity contribution in [3.05, 3.63) is 28.3 Å². The second-order valence-corrected chi connectivity index (χ2v) is 6.71. The molecule has 2 unspecified atom stereocenters. The van der Waals surface area contributed by atoms with Crippen LogP contribution in [0.5, 0.6) is 0 Å². The molecule has 0 bridgehead atoms. The fourth-order valence-electron chi connectivity index (χ4n) is 2.79. The van der Waals surface area contributed by atoms with Crippen LogP contribution in [0.1, 0.15) is 35.7 Å². The molecular weight excluding hydrogens is 330 g/mol. The normalized spacial score (nSPS) is 27.2. The third kappa shape index (κ3) is 2.30. The number of carbonyl (C=O) groups is 1. The average molecular weight is 345 g/mol. The summed E-state index contributed by atoms with van der Waals surface area (Å²) in [7, 11) is 0. The van der Waals surface area contributed by atoms with E-state index < -0.39 is 0 Å². The fraction of sp³-hybridized carbons (Fsp3) is 0.500. The Kier molecular flexibility index (Phi) is 3.36. The van der Waals surface area contributed by atoms with Crippen LogP contribution in [-0.4, -0.2) is 18.1 Å². The van der Waals surface area contributed by atoms with Crippen molar-refractivity contribution in [1.82, 2.24) is 0 Å². The molecule has 2 aliphatic rings. The minimum Gasteiger partial charge on any atom is -0.374 e. The Labute approximate surface area is 125 Å². The summed E-state index contributed by atoms with van der Waals surface area (Å²) in [5.41, 5.74) is 2.61. The fourth-order valence-corrected chi connectivity index (χ4v) is 3.94. The molecule has 0 aliphatic carbocycles. The number of amides is 1. The van der Waals surface area contributed by atoms with Crippen molar-refractivity contribution >= 4 is 39.1 Å². The average Bonchev–Trinajstić information content (AvgIpc) is 2.93. The van der Waals surface area contributed by atoms with Gasteiger partial charge in [0, 0.05) is 17.3 Å². The Morgan fingerprint density at radius 1 is 1.53 bits per heavy atom. The molecule has 3 nitrogen and oxygen atoms in total. The van der Waals surface area contributed by atoms with Crippen LogP contribution in [0.15, 0.2) is 12.1 Å². The first-order valence-corrected chi connectivity index (χ1v) is 7.69. The van der Waals surface area contributed by atoms with Gasteiger partial charge in [-0.05, 0) is 37.0 Å². The van der Waals surface area contributed by atoms with Crippen LogP contribution in [0.4, 0.5) is 5.69 Å². The summed E-state index contributed by atoms with van der Waals surface area (Å²) >= 11 is 10.1. The standard InChI is InChI=1S/C14H15BrClNO2/c1-14(3-2-4-19-14)13(15)9-5-8-6-12(18)17-11(8)7-10(9)16/h5,7,13H,2-4,6H2,1H3,(H,17,18). The van der Waals surface area contributed by atoms with Crippen LogP contribution >= 0.6 is 27.5 Å². The van der Waals surface area contributed by atoms with Gasteiger partial charge in [-0.3, -0.25) is 4.79 Å². The lowest BCUT2D eigenvalue weighted by Gasteiger charge is -2.30. The number of alkyl halides is 1. The molecular formula is C14H15BrClNO2. The first-order valence-electron chi connectivity index (χ1n) is 6.40. The van der Waals surface area contributed by atoms with Crippen molar-refractivity contribution in [2.75, 3.05) is 11.9 Å². The third-order valence-corrected chi connectivity index (χ3v) is 5.70. The lowest BCUT2D eigenvalue weighted by atomic mass is 9.92. The van der Waals surface area contributed by atoms with E-state index in [-0.39, 0.29) is 16.3 Å². The van der Waals surface area contributed by atoms with E-state index in [1.165, 1.54) is 0 Å². The number of nitrogens with one attached hydrogen (secondary N) is 1. The minimum atomic E-state index is -0.228. The summed E-state index contributed by atoms with van der Waals surface area (Å²) in [5, 5.41) is 3.48. The topological polar surface area (TPSA) is 38.3 Å². The van der Waals surface area contributed by atoms with Gasteiger partial charge in [0.1, 0.15) is 0 Å². The number of benzene rings is 1. The van der Waals surface area contributed by atoms with Crippen LogP contribution in [-0.2, 0) is 16.0 Å². The highest BCUT2D eigenvalue weighted by molar-refractivity contribution is 9.09. The molecule has 0 aromatic heterocycles. The van der Waals surface area contributed by atoms with E-state index in [1.807, 2.05) is 12.1 Å². The SMILES string of the molecule is CC1(C(Br)c2cc3c(cc2Cl)NC(=O)C3)CCCO1. The molecule has 19 heavy (non-hydrogen) atoms. The summed E-state index contributed by atoms with van der Waals surface area (Å²) in [5.74, 6) is 0.0256. The zero-order valence-electron chi connectivity index (χ0n) is 10.6. The van der Waals surface area contributed by atoms with E-state index in [9.17, 15) is 4.79 Å². The number of fused-ring (bicyclic) bond motifs is 1. The van der Waals surface area contributed by atoms with Crippen LogP contribution < -0.4 is 5.32 Å². The maximum atomic E-state index is 11.4. The highest BCUT2D eigenvalue weighted by Crippen LogP contribution is 2.46. The number of hydrogen-bond acceptors (Lipinski definition) is 2. The van der Waals surface area contributed by atoms with Crippen LogP contribution in [0.2, 0.25) is 5.02 Å². The van der Waals surface area contributed by atoms with Crippen molar-refractivity contribution in [2.24, 2.45) is 0 Å². The number of anilines is 1. The van der Waals surface area contributed by atoms with Gasteiger partial charge in [0.25, 0.3) is 0 Å². The van der Waals surface area contributed by atoms with E-state index in [0.29, 0.717) is 11.4 Å². The van der Waals surface area contributed by atoms with Gasteiger partial charge in [-0.1, -0.05) is 33.6 Å². The van der Waals surface area contributed by atoms with Gasteiger partial charge >= 0.3 is 0 Å². The van der Waals surface area contributed by atoms with Gasteiger partial charge in [-0.15, -0.1) is 0 Å². The summed E-state index contributed by atoms with van der Waals surface area (Å²) in [6, 6.07) is 3.85. The molecule has 1 fully saturated rings. The number of hydrogen-bond donors (Lipinski definition) is 1. The van der Waals surface area contributed by atoms with Gasteiger partial charge in [0.2, 0.25) is 5.91 Å². The molecule has 0 spiro atoms. The Morgan fingerprint density at radius 2 is 2.32 bits per heavy atom. The minimum absolute atomic E-state index is 0.0256. The molecule has 102 valence electrons. The van der Waals surface area contributed by atoms with Crippen molar-refractivity contribution in [1.29, 1.82) is 0 Å². The maximum absolute atomic E-state index is 11.4. The van der Waals surface area contributed by atoms with Crippen molar-refractivity contribution in [2.45, 2.75) is 36.6 Å². The lowest BCUT2D eigenvalue weighted by molar-refractivity contribution is -0.115. The van der Waals surface area contributed by atoms with E-state index >= 15 is 0 Å². The lowest BCUT2D eigenvalue weighted by Crippen LogP contribution is -2.28. The third-order valence-electron chi connectivity index (χ3n) is 3.91. The zero-order valence-corrected chi connectivity index (χ0v) is 13.0. The maximum Gasteiger partial charge on any atom is 0.228 e. The molecule has 3 rings (SSSR count). The van der Waals surface area contributed by atoms with Crippen LogP contribution in [0.3, 0.4) is 0 Å². The Hall–Kier alpha value is -0.580. The smallest absolute Gasteiger partial charge is 0.228 e. The number of ether oxygens (including phenoxy) is 1. The molecule has 1 saturated heterocycles. The molecule has 1 aromatic rings. The Balaban J connectivity index is 1.97. The van der Waals surface area contributed by atoms with E-state index in [0.717, 1.165) is 36.3 Å². The van der Waals surface area contributed by atoms with Crippen LogP contribution in [0.25, 0.3) is 0 Å². The molecule has 2 atom stereocenters. The first kappa shape index (κ1) is 13.4.